The Hall–Kier alpha value is -4.47. The number of aromatic nitrogens is 4. The summed E-state index contributed by atoms with van der Waals surface area (Å²) in [4.78, 5) is 32.6. The number of furan rings is 1. The van der Waals surface area contributed by atoms with Crippen molar-refractivity contribution in [3.8, 4) is 11.4 Å². The second-order valence-corrected chi connectivity index (χ2v) is 6.61. The van der Waals surface area contributed by atoms with Crippen LogP contribution in [-0.4, -0.2) is 32.1 Å². The van der Waals surface area contributed by atoms with E-state index in [4.69, 9.17) is 4.42 Å². The summed E-state index contributed by atoms with van der Waals surface area (Å²) in [5, 5.41) is 15.2. The van der Waals surface area contributed by atoms with Crippen LogP contribution in [-0.2, 0) is 6.54 Å². The van der Waals surface area contributed by atoms with Crippen LogP contribution in [0, 0.1) is 6.92 Å². The summed E-state index contributed by atoms with van der Waals surface area (Å²) >= 11 is 0. The van der Waals surface area contributed by atoms with Gasteiger partial charge >= 0.3 is 6.03 Å². The van der Waals surface area contributed by atoms with Crippen molar-refractivity contribution in [2.75, 3.05) is 10.6 Å². The van der Waals surface area contributed by atoms with Gasteiger partial charge in [0.1, 0.15) is 5.82 Å². The third-order valence-electron chi connectivity index (χ3n) is 4.36. The zero-order valence-corrected chi connectivity index (χ0v) is 16.5. The Morgan fingerprint density at radius 2 is 1.94 bits per heavy atom. The lowest BCUT2D eigenvalue weighted by Gasteiger charge is -2.11. The van der Waals surface area contributed by atoms with Gasteiger partial charge in [-0.2, -0.15) is 5.10 Å². The summed E-state index contributed by atoms with van der Waals surface area (Å²) in [7, 11) is 0. The van der Waals surface area contributed by atoms with Crippen molar-refractivity contribution < 1.29 is 14.0 Å². The lowest BCUT2D eigenvalue weighted by molar-refractivity contribution is 0.0996. The lowest BCUT2D eigenvalue weighted by Crippen LogP contribution is -2.28. The summed E-state index contributed by atoms with van der Waals surface area (Å²) in [6.07, 6.45) is 4.76. The average Bonchev–Trinajstić information content (AvgIpc) is 3.47. The van der Waals surface area contributed by atoms with Crippen LogP contribution < -0.4 is 16.0 Å². The van der Waals surface area contributed by atoms with Gasteiger partial charge in [0.2, 0.25) is 0 Å². The summed E-state index contributed by atoms with van der Waals surface area (Å²) in [6.45, 7) is 2.01. The minimum Gasteiger partial charge on any atom is -0.459 e. The highest BCUT2D eigenvalue weighted by molar-refractivity contribution is 6.02. The topological polar surface area (TPSA) is 138 Å². The molecular weight excluding hydrogens is 398 g/mol. The van der Waals surface area contributed by atoms with Crippen molar-refractivity contribution in [3.05, 3.63) is 78.3 Å². The van der Waals surface area contributed by atoms with Crippen LogP contribution in [0.1, 0.15) is 21.9 Å². The van der Waals surface area contributed by atoms with Crippen molar-refractivity contribution in [2.24, 2.45) is 0 Å². The second-order valence-electron chi connectivity index (χ2n) is 6.61. The van der Waals surface area contributed by atoms with E-state index in [9.17, 15) is 9.59 Å². The molecule has 0 aliphatic heterocycles. The molecule has 3 heterocycles. The quantitative estimate of drug-likeness (QED) is 0.380. The smallest absolute Gasteiger partial charge is 0.319 e. The van der Waals surface area contributed by atoms with Gasteiger partial charge in [-0.15, -0.1) is 0 Å². The first-order chi connectivity index (χ1) is 15.1. The summed E-state index contributed by atoms with van der Waals surface area (Å²) < 4.78 is 5.08. The molecule has 0 fully saturated rings. The third-order valence-corrected chi connectivity index (χ3v) is 4.36. The second kappa shape index (κ2) is 8.91. The van der Waals surface area contributed by atoms with Crippen LogP contribution in [0.5, 0.6) is 0 Å². The van der Waals surface area contributed by atoms with Crippen molar-refractivity contribution >= 4 is 23.3 Å². The van der Waals surface area contributed by atoms with Gasteiger partial charge < -0.3 is 20.4 Å². The fourth-order valence-electron chi connectivity index (χ4n) is 2.82. The summed E-state index contributed by atoms with van der Waals surface area (Å²) in [5.41, 5.74) is 2.82. The van der Waals surface area contributed by atoms with E-state index in [1.165, 1.54) is 6.26 Å². The van der Waals surface area contributed by atoms with E-state index in [0.29, 0.717) is 23.0 Å². The molecule has 0 radical (unpaired) electrons. The molecule has 0 aliphatic rings. The molecule has 4 rings (SSSR count). The fraction of sp³-hybridized carbons (Fsp3) is 0.0952. The lowest BCUT2D eigenvalue weighted by atomic mass is 10.1. The molecular formula is C21H19N7O3. The highest BCUT2D eigenvalue weighted by atomic mass is 16.3. The monoisotopic (exact) mass is 417 g/mol. The van der Waals surface area contributed by atoms with Gasteiger partial charge in [-0.1, -0.05) is 0 Å². The number of aryl methyl sites for hydroxylation is 1. The number of H-pyrrole nitrogens is 1. The molecule has 0 atom stereocenters. The number of hydrogen-bond acceptors (Lipinski definition) is 6. The van der Waals surface area contributed by atoms with Crippen LogP contribution in [0.4, 0.5) is 16.2 Å². The number of carbonyl (C=O) groups excluding carboxylic acids is 2. The number of nitrogens with zero attached hydrogens (tertiary/aromatic N) is 3. The Morgan fingerprint density at radius 1 is 1.10 bits per heavy atom. The number of rotatable bonds is 6. The van der Waals surface area contributed by atoms with Gasteiger partial charge in [-0.25, -0.2) is 9.78 Å². The van der Waals surface area contributed by atoms with Crippen LogP contribution >= 0.6 is 0 Å². The molecule has 10 heteroatoms. The number of hydrogen-bond donors (Lipinski definition) is 4. The van der Waals surface area contributed by atoms with E-state index in [2.05, 4.69) is 36.1 Å². The number of pyridine rings is 1. The van der Waals surface area contributed by atoms with Gasteiger partial charge in [0.25, 0.3) is 5.91 Å². The standard InChI is InChI=1S/C21H19N7O3/c1-13-11-15(4-5-16(13)25-20(29)17-3-2-10-31-17)24-21(30)23-12-18-26-19(28-27-18)14-6-8-22-9-7-14/h2-11H,12H2,1H3,(H,25,29)(H2,23,24,30)(H,26,27,28). The molecule has 0 bridgehead atoms. The van der Waals surface area contributed by atoms with Gasteiger partial charge in [-0.3, -0.25) is 14.9 Å². The Morgan fingerprint density at radius 3 is 2.68 bits per heavy atom. The zero-order chi connectivity index (χ0) is 21.6. The molecule has 0 aliphatic carbocycles. The summed E-state index contributed by atoms with van der Waals surface area (Å²) in [5.74, 6) is 0.932. The molecule has 3 amide bonds. The molecule has 3 aromatic heterocycles. The van der Waals surface area contributed by atoms with Crippen molar-refractivity contribution in [1.29, 1.82) is 0 Å². The molecule has 10 nitrogen and oxygen atoms in total. The van der Waals surface area contributed by atoms with Crippen LogP contribution in [0.25, 0.3) is 11.4 Å². The largest absolute Gasteiger partial charge is 0.459 e. The Balaban J connectivity index is 1.31. The number of carbonyl (C=O) groups is 2. The number of nitrogens with one attached hydrogen (secondary N) is 4. The van der Waals surface area contributed by atoms with Gasteiger partial charge in [0, 0.05) is 29.3 Å². The predicted molar refractivity (Wildman–Crippen MR) is 113 cm³/mol. The van der Waals surface area contributed by atoms with Crippen LogP contribution in [0.2, 0.25) is 0 Å². The Bertz CT molecular complexity index is 1190. The number of anilines is 2. The highest BCUT2D eigenvalue weighted by Crippen LogP contribution is 2.20. The maximum absolute atomic E-state index is 12.2. The van der Waals surface area contributed by atoms with Crippen molar-refractivity contribution in [3.63, 3.8) is 0 Å². The first kappa shape index (κ1) is 19.8. The first-order valence-corrected chi connectivity index (χ1v) is 9.40. The molecule has 4 aromatic rings. The van der Waals surface area contributed by atoms with Crippen LogP contribution in [0.15, 0.2) is 65.5 Å². The van der Waals surface area contributed by atoms with E-state index in [1.54, 1.807) is 54.9 Å². The van der Waals surface area contributed by atoms with Gasteiger partial charge in [0.05, 0.1) is 12.8 Å². The minimum atomic E-state index is -0.395. The molecule has 31 heavy (non-hydrogen) atoms. The molecule has 1 aromatic carbocycles. The minimum absolute atomic E-state index is 0.181. The Labute approximate surface area is 177 Å². The van der Waals surface area contributed by atoms with Crippen molar-refractivity contribution in [1.82, 2.24) is 25.5 Å². The number of benzene rings is 1. The number of aromatic amines is 1. The van der Waals surface area contributed by atoms with Gasteiger partial charge in [-0.05, 0) is 55.0 Å². The zero-order valence-electron chi connectivity index (χ0n) is 16.5. The first-order valence-electron chi connectivity index (χ1n) is 9.40. The molecule has 0 saturated carbocycles. The van der Waals surface area contributed by atoms with E-state index in [0.717, 1.165) is 11.1 Å². The molecule has 0 saturated heterocycles. The maximum Gasteiger partial charge on any atom is 0.319 e. The van der Waals surface area contributed by atoms with Gasteiger partial charge in [0.15, 0.2) is 11.6 Å². The Kier molecular flexibility index (Phi) is 5.70. The van der Waals surface area contributed by atoms with Crippen LogP contribution in [0.3, 0.4) is 0 Å². The van der Waals surface area contributed by atoms with Crippen molar-refractivity contribution in [2.45, 2.75) is 13.5 Å². The number of amides is 3. The SMILES string of the molecule is Cc1cc(NC(=O)NCc2nc(-c3ccncc3)n[nH]2)ccc1NC(=O)c1ccco1. The normalized spacial score (nSPS) is 10.5. The van der Waals surface area contributed by atoms with E-state index < -0.39 is 6.03 Å². The van der Waals surface area contributed by atoms with E-state index >= 15 is 0 Å². The molecule has 0 unspecified atom stereocenters. The highest BCUT2D eigenvalue weighted by Gasteiger charge is 2.11. The molecule has 0 spiro atoms. The van der Waals surface area contributed by atoms with E-state index in [1.807, 2.05) is 6.92 Å². The third kappa shape index (κ3) is 4.93. The van der Waals surface area contributed by atoms with E-state index in [-0.39, 0.29) is 18.2 Å². The number of urea groups is 1. The summed E-state index contributed by atoms with van der Waals surface area (Å²) in [6, 6.07) is 11.6. The maximum atomic E-state index is 12.2. The average molecular weight is 417 g/mol. The molecule has 156 valence electrons. The predicted octanol–water partition coefficient (Wildman–Crippen LogP) is 3.34. The molecule has 4 N–H and O–H groups in total. The fourth-order valence-corrected chi connectivity index (χ4v) is 2.82.